The third kappa shape index (κ3) is 6.86. The van der Waals surface area contributed by atoms with Gasteiger partial charge in [0.15, 0.2) is 18.0 Å². The predicted octanol–water partition coefficient (Wildman–Crippen LogP) is 3.52. The number of benzene rings is 3. The van der Waals surface area contributed by atoms with E-state index in [4.69, 9.17) is 24.7 Å². The molecule has 4 atom stereocenters. The van der Waals surface area contributed by atoms with Crippen molar-refractivity contribution in [3.8, 4) is 6.07 Å². The van der Waals surface area contributed by atoms with Crippen LogP contribution in [0.5, 0.6) is 0 Å². The molecule has 0 aliphatic carbocycles. The molecule has 0 amide bonds. The van der Waals surface area contributed by atoms with Gasteiger partial charge in [0, 0.05) is 0 Å². The Morgan fingerprint density at radius 3 is 1.90 bits per heavy atom. The van der Waals surface area contributed by atoms with Gasteiger partial charge in [-0.05, 0) is 28.8 Å². The molecule has 5 aromatic rings. The number of aromatic nitrogens is 3. The molecule has 2 N–H and O–H groups in total. The fourth-order valence-electron chi connectivity index (χ4n) is 5.69. The molecule has 0 bridgehead atoms. The van der Waals surface area contributed by atoms with Crippen molar-refractivity contribution in [2.24, 2.45) is 0 Å². The monoisotopic (exact) mass is 645 g/mol. The van der Waals surface area contributed by atoms with Gasteiger partial charge in [0.2, 0.25) is 5.60 Å². The number of ether oxygens (including phenoxy) is 4. The number of rotatable bonds is 11. The first-order valence-corrected chi connectivity index (χ1v) is 15.2. The number of nitrogens with zero attached hydrogens (tertiary/aromatic N) is 4. The van der Waals surface area contributed by atoms with Crippen molar-refractivity contribution in [2.75, 3.05) is 12.3 Å². The molecule has 3 aromatic carbocycles. The van der Waals surface area contributed by atoms with E-state index in [0.717, 1.165) is 5.56 Å². The smallest absolute Gasteiger partial charge is 0.310 e. The fourth-order valence-corrected chi connectivity index (χ4v) is 5.69. The Balaban J connectivity index is 1.37. The topological polar surface area (TPSA) is 168 Å². The van der Waals surface area contributed by atoms with Gasteiger partial charge in [-0.1, -0.05) is 91.0 Å². The van der Waals surface area contributed by atoms with Gasteiger partial charge in [-0.2, -0.15) is 10.4 Å². The van der Waals surface area contributed by atoms with Gasteiger partial charge in [-0.15, -0.1) is 0 Å². The maximum absolute atomic E-state index is 13.5. The molecule has 1 aliphatic rings. The summed E-state index contributed by atoms with van der Waals surface area (Å²) in [6, 6.07) is 32.2. The van der Waals surface area contributed by atoms with Crippen molar-refractivity contribution < 1.29 is 33.3 Å². The molecule has 0 radical (unpaired) electrons. The van der Waals surface area contributed by atoms with Crippen molar-refractivity contribution in [3.05, 3.63) is 132 Å². The van der Waals surface area contributed by atoms with Crippen molar-refractivity contribution in [2.45, 2.75) is 43.2 Å². The van der Waals surface area contributed by atoms with Gasteiger partial charge in [0.1, 0.15) is 30.6 Å². The summed E-state index contributed by atoms with van der Waals surface area (Å²) in [5.74, 6) is -1.80. The van der Waals surface area contributed by atoms with E-state index in [9.17, 15) is 19.6 Å². The Morgan fingerprint density at radius 2 is 1.33 bits per heavy atom. The fraction of sp³-hybridized carbons (Fsp3) is 0.222. The van der Waals surface area contributed by atoms with E-state index in [2.05, 4.69) is 16.2 Å². The number of carbonyl (C=O) groups excluding carboxylic acids is 3. The summed E-state index contributed by atoms with van der Waals surface area (Å²) in [4.78, 5) is 43.8. The molecule has 12 heteroatoms. The molecule has 0 unspecified atom stereocenters. The van der Waals surface area contributed by atoms with Crippen LogP contribution in [0.25, 0.3) is 5.52 Å². The number of nitrogens with two attached hydrogens (primary N) is 1. The average Bonchev–Trinajstić information content (AvgIpc) is 3.66. The second-order valence-electron chi connectivity index (χ2n) is 11.2. The molecule has 1 aliphatic heterocycles. The maximum atomic E-state index is 13.5. The summed E-state index contributed by atoms with van der Waals surface area (Å²) in [6.45, 7) is -0.411. The van der Waals surface area contributed by atoms with Crippen LogP contribution in [0, 0.1) is 11.3 Å². The Hall–Kier alpha value is -6.06. The van der Waals surface area contributed by atoms with E-state index in [1.165, 1.54) is 10.8 Å². The van der Waals surface area contributed by atoms with Gasteiger partial charge >= 0.3 is 17.9 Å². The normalized spacial score (nSPS) is 20.1. The molecule has 6 rings (SSSR count). The standard InChI is InChI=1S/C36H31N5O7/c37-22-36(29-17-16-27-35(38)39-23-40-41(27)29)34(47-32(44)20-26-14-8-3-9-15-26)33(46-31(43)19-25-12-6-2-7-13-25)28(48-36)21-45-30(42)18-24-10-4-1-5-11-24/h1-17,23,28,33-34H,18-21H2,(H2,38,39,40)/t28-,33-,34-,36+/m1/s1. The maximum Gasteiger partial charge on any atom is 0.310 e. The Bertz CT molecular complexity index is 1950. The Morgan fingerprint density at radius 1 is 0.792 bits per heavy atom. The van der Waals surface area contributed by atoms with Crippen molar-refractivity contribution in [1.82, 2.24) is 14.6 Å². The van der Waals surface area contributed by atoms with Crippen molar-refractivity contribution in [3.63, 3.8) is 0 Å². The molecular weight excluding hydrogens is 614 g/mol. The number of nitriles is 1. The van der Waals surface area contributed by atoms with Crippen LogP contribution in [-0.2, 0) is 58.2 Å². The second-order valence-corrected chi connectivity index (χ2v) is 11.2. The number of fused-ring (bicyclic) bond motifs is 1. The van der Waals surface area contributed by atoms with Gasteiger partial charge in [0.25, 0.3) is 0 Å². The van der Waals surface area contributed by atoms with Gasteiger partial charge in [-0.25, -0.2) is 9.50 Å². The molecular formula is C36H31N5O7. The highest BCUT2D eigenvalue weighted by Crippen LogP contribution is 2.44. The van der Waals surface area contributed by atoms with Crippen molar-refractivity contribution >= 4 is 29.2 Å². The van der Waals surface area contributed by atoms with Crippen molar-refractivity contribution in [1.29, 1.82) is 5.26 Å². The van der Waals surface area contributed by atoms with Crippen LogP contribution < -0.4 is 5.73 Å². The number of carbonyl (C=O) groups is 3. The van der Waals surface area contributed by atoms with Crippen LogP contribution in [0.4, 0.5) is 5.82 Å². The number of hydrogen-bond donors (Lipinski definition) is 1. The van der Waals surface area contributed by atoms with Crippen LogP contribution >= 0.6 is 0 Å². The molecule has 48 heavy (non-hydrogen) atoms. The first kappa shape index (κ1) is 31.9. The molecule has 0 saturated carbocycles. The summed E-state index contributed by atoms with van der Waals surface area (Å²) in [5.41, 5.74) is 6.61. The van der Waals surface area contributed by atoms with Crippen LogP contribution in [0.15, 0.2) is 109 Å². The highest BCUT2D eigenvalue weighted by atomic mass is 16.7. The third-order valence-corrected chi connectivity index (χ3v) is 7.94. The molecule has 2 aromatic heterocycles. The quantitative estimate of drug-likeness (QED) is 0.165. The zero-order chi connectivity index (χ0) is 33.5. The van der Waals surface area contributed by atoms with E-state index in [-0.39, 0.29) is 30.8 Å². The van der Waals surface area contributed by atoms with E-state index in [1.54, 1.807) is 84.9 Å². The highest BCUT2D eigenvalue weighted by Gasteiger charge is 2.62. The first-order valence-electron chi connectivity index (χ1n) is 15.2. The summed E-state index contributed by atoms with van der Waals surface area (Å²) in [5, 5.41) is 15.1. The van der Waals surface area contributed by atoms with Crippen LogP contribution in [0.2, 0.25) is 0 Å². The van der Waals surface area contributed by atoms with E-state index < -0.39 is 48.4 Å². The summed E-state index contributed by atoms with van der Waals surface area (Å²) in [6.07, 6.45) is -3.15. The summed E-state index contributed by atoms with van der Waals surface area (Å²) < 4.78 is 25.4. The molecule has 0 spiro atoms. The molecule has 1 saturated heterocycles. The Kier molecular flexibility index (Phi) is 9.40. The highest BCUT2D eigenvalue weighted by molar-refractivity contribution is 5.75. The second kappa shape index (κ2) is 14.1. The van der Waals surface area contributed by atoms with E-state index in [0.29, 0.717) is 16.6 Å². The third-order valence-electron chi connectivity index (χ3n) is 7.94. The molecule has 242 valence electrons. The lowest BCUT2D eigenvalue weighted by Crippen LogP contribution is -2.46. The molecule has 12 nitrogen and oxygen atoms in total. The lowest BCUT2D eigenvalue weighted by Gasteiger charge is -2.28. The predicted molar refractivity (Wildman–Crippen MR) is 171 cm³/mol. The summed E-state index contributed by atoms with van der Waals surface area (Å²) >= 11 is 0. The minimum absolute atomic E-state index is 0.0234. The molecule has 3 heterocycles. The number of hydrogen-bond acceptors (Lipinski definition) is 11. The lowest BCUT2D eigenvalue weighted by atomic mass is 9.92. The largest absolute Gasteiger partial charge is 0.463 e. The van der Waals surface area contributed by atoms with Gasteiger partial charge < -0.3 is 24.7 Å². The van der Waals surface area contributed by atoms with Gasteiger partial charge in [0.05, 0.1) is 25.0 Å². The minimum atomic E-state index is -2.08. The van der Waals surface area contributed by atoms with Crippen LogP contribution in [0.3, 0.4) is 0 Å². The van der Waals surface area contributed by atoms with Gasteiger partial charge in [-0.3, -0.25) is 14.4 Å². The zero-order valence-corrected chi connectivity index (χ0v) is 25.7. The number of nitrogen functional groups attached to an aromatic ring is 1. The Labute approximate surface area is 275 Å². The number of esters is 3. The van der Waals surface area contributed by atoms with E-state index in [1.807, 2.05) is 18.2 Å². The SMILES string of the molecule is N#C[C@@]1(c2ccc3c(N)ncnn23)O[C@H](COC(=O)Cc2ccccc2)[C@@H](OC(=O)Cc2ccccc2)[C@H]1OC(=O)Cc1ccccc1. The molecule has 1 fully saturated rings. The van der Waals surface area contributed by atoms with Crippen LogP contribution in [0.1, 0.15) is 22.4 Å². The average molecular weight is 646 g/mol. The first-order chi connectivity index (χ1) is 23.4. The summed E-state index contributed by atoms with van der Waals surface area (Å²) in [7, 11) is 0. The minimum Gasteiger partial charge on any atom is -0.463 e. The lowest BCUT2D eigenvalue weighted by molar-refractivity contribution is -0.169. The van der Waals surface area contributed by atoms with Crippen LogP contribution in [-0.4, -0.2) is 57.4 Å². The van der Waals surface area contributed by atoms with E-state index >= 15 is 0 Å². The number of anilines is 1. The zero-order valence-electron chi connectivity index (χ0n) is 25.7.